The van der Waals surface area contributed by atoms with Crippen LogP contribution < -0.4 is 10.5 Å². The number of hydrogen-bond acceptors (Lipinski definition) is 4. The summed E-state index contributed by atoms with van der Waals surface area (Å²) in [6.45, 7) is 2.02. The zero-order valence-electron chi connectivity index (χ0n) is 10.8. The first-order valence-corrected chi connectivity index (χ1v) is 5.98. The minimum atomic E-state index is 0.511. The minimum absolute atomic E-state index is 0.511. The van der Waals surface area contributed by atoms with Gasteiger partial charge in [-0.15, -0.1) is 0 Å². The molecule has 3 rings (SSSR count). The van der Waals surface area contributed by atoms with Gasteiger partial charge >= 0.3 is 0 Å². The minimum Gasteiger partial charge on any atom is -0.497 e. The van der Waals surface area contributed by atoms with Gasteiger partial charge < -0.3 is 14.9 Å². The fourth-order valence-electron chi connectivity index (χ4n) is 2.00. The highest BCUT2D eigenvalue weighted by molar-refractivity contribution is 5.80. The lowest BCUT2D eigenvalue weighted by Gasteiger charge is -2.04. The first-order chi connectivity index (χ1) is 9.17. The Hall–Kier alpha value is -2.49. The maximum atomic E-state index is 5.97. The Labute approximate surface area is 110 Å². The Bertz CT molecular complexity index is 747. The number of rotatable bonds is 2. The molecular formula is C15H14N2O2. The summed E-state index contributed by atoms with van der Waals surface area (Å²) in [4.78, 5) is 4.48. The molecule has 1 heterocycles. The fraction of sp³-hybridized carbons (Fsp3) is 0.133. The summed E-state index contributed by atoms with van der Waals surface area (Å²) in [5.41, 5.74) is 10.1. The molecule has 0 bridgehead atoms. The van der Waals surface area contributed by atoms with Crippen molar-refractivity contribution >= 4 is 16.8 Å². The number of aromatic nitrogens is 1. The van der Waals surface area contributed by atoms with Crippen molar-refractivity contribution in [2.45, 2.75) is 6.92 Å². The van der Waals surface area contributed by atoms with E-state index in [2.05, 4.69) is 4.98 Å². The van der Waals surface area contributed by atoms with Gasteiger partial charge in [0.2, 0.25) is 5.89 Å². The topological polar surface area (TPSA) is 61.3 Å². The van der Waals surface area contributed by atoms with Crippen molar-refractivity contribution in [1.29, 1.82) is 0 Å². The van der Waals surface area contributed by atoms with E-state index >= 15 is 0 Å². The van der Waals surface area contributed by atoms with E-state index in [0.717, 1.165) is 28.0 Å². The number of nitrogen functional groups attached to an aromatic ring is 1. The van der Waals surface area contributed by atoms with Crippen molar-refractivity contribution in [3.63, 3.8) is 0 Å². The number of benzene rings is 2. The number of ether oxygens (including phenoxy) is 1. The molecule has 0 saturated heterocycles. The average molecular weight is 254 g/mol. The van der Waals surface area contributed by atoms with E-state index in [1.165, 1.54) is 0 Å². The number of nitrogens with two attached hydrogens (primary N) is 1. The van der Waals surface area contributed by atoms with E-state index < -0.39 is 0 Å². The van der Waals surface area contributed by atoms with Crippen LogP contribution in [0.15, 0.2) is 40.8 Å². The third-order valence-electron chi connectivity index (χ3n) is 3.03. The first kappa shape index (κ1) is 11.6. The number of hydrogen-bond donors (Lipinski definition) is 1. The molecule has 2 aromatic carbocycles. The molecule has 4 heteroatoms. The Morgan fingerprint density at radius 1 is 1.16 bits per heavy atom. The van der Waals surface area contributed by atoms with Gasteiger partial charge in [-0.05, 0) is 42.8 Å². The van der Waals surface area contributed by atoms with Crippen LogP contribution >= 0.6 is 0 Å². The van der Waals surface area contributed by atoms with E-state index in [0.29, 0.717) is 11.6 Å². The monoisotopic (exact) mass is 254 g/mol. The molecule has 0 unspecified atom stereocenters. The molecule has 3 aromatic rings. The zero-order valence-corrected chi connectivity index (χ0v) is 10.8. The van der Waals surface area contributed by atoms with Crippen LogP contribution in [0.25, 0.3) is 22.6 Å². The molecular weight excluding hydrogens is 240 g/mol. The summed E-state index contributed by atoms with van der Waals surface area (Å²) < 4.78 is 10.9. The highest BCUT2D eigenvalue weighted by atomic mass is 16.5. The van der Waals surface area contributed by atoms with E-state index in [1.54, 1.807) is 13.2 Å². The summed E-state index contributed by atoms with van der Waals surface area (Å²) in [5, 5.41) is 0. The van der Waals surface area contributed by atoms with Crippen LogP contribution in [0.3, 0.4) is 0 Å². The number of oxazole rings is 1. The summed E-state index contributed by atoms with van der Waals surface area (Å²) in [5.74, 6) is 1.24. The quantitative estimate of drug-likeness (QED) is 0.712. The van der Waals surface area contributed by atoms with Gasteiger partial charge in [0.1, 0.15) is 11.3 Å². The molecule has 0 atom stereocenters. The van der Waals surface area contributed by atoms with E-state index in [4.69, 9.17) is 14.9 Å². The Balaban J connectivity index is 2.18. The lowest BCUT2D eigenvalue weighted by Crippen LogP contribution is -1.91. The van der Waals surface area contributed by atoms with Gasteiger partial charge in [0.25, 0.3) is 0 Å². The second-order valence-electron chi connectivity index (χ2n) is 4.44. The maximum absolute atomic E-state index is 5.97. The van der Waals surface area contributed by atoms with E-state index in [9.17, 15) is 0 Å². The average Bonchev–Trinajstić information content (AvgIpc) is 2.82. The van der Waals surface area contributed by atoms with Gasteiger partial charge in [0.05, 0.1) is 12.7 Å². The van der Waals surface area contributed by atoms with Crippen LogP contribution in [0.4, 0.5) is 5.69 Å². The SMILES string of the molecule is COc1ccc(N)c(-c2nc3cc(C)ccc3o2)c1. The standard InChI is InChI=1S/C15H14N2O2/c1-9-3-6-14-13(7-9)17-15(19-14)11-8-10(18-2)4-5-12(11)16/h3-8H,16H2,1-2H3. The van der Waals surface area contributed by atoms with Gasteiger partial charge in [0.15, 0.2) is 5.58 Å². The highest BCUT2D eigenvalue weighted by Crippen LogP contribution is 2.31. The van der Waals surface area contributed by atoms with Crippen molar-refractivity contribution in [1.82, 2.24) is 4.98 Å². The third-order valence-corrected chi connectivity index (χ3v) is 3.03. The van der Waals surface area contributed by atoms with Gasteiger partial charge in [-0.2, -0.15) is 0 Å². The van der Waals surface area contributed by atoms with Crippen LogP contribution in [0.2, 0.25) is 0 Å². The maximum Gasteiger partial charge on any atom is 0.229 e. The van der Waals surface area contributed by atoms with E-state index in [-0.39, 0.29) is 0 Å². The lowest BCUT2D eigenvalue weighted by molar-refractivity contribution is 0.415. The van der Waals surface area contributed by atoms with Gasteiger partial charge in [-0.1, -0.05) is 6.07 Å². The highest BCUT2D eigenvalue weighted by Gasteiger charge is 2.12. The van der Waals surface area contributed by atoms with Crippen molar-refractivity contribution in [3.05, 3.63) is 42.0 Å². The predicted molar refractivity (Wildman–Crippen MR) is 75.1 cm³/mol. The van der Waals surface area contributed by atoms with Crippen molar-refractivity contribution in [2.75, 3.05) is 12.8 Å². The van der Waals surface area contributed by atoms with Crippen LogP contribution in [0.5, 0.6) is 5.75 Å². The molecule has 0 aliphatic rings. The van der Waals surface area contributed by atoms with Crippen molar-refractivity contribution in [2.24, 2.45) is 0 Å². The molecule has 0 aliphatic heterocycles. The number of methoxy groups -OCH3 is 1. The number of nitrogens with zero attached hydrogens (tertiary/aromatic N) is 1. The molecule has 1 aromatic heterocycles. The van der Waals surface area contributed by atoms with Crippen LogP contribution in [0.1, 0.15) is 5.56 Å². The zero-order chi connectivity index (χ0) is 13.4. The number of aryl methyl sites for hydroxylation is 1. The third kappa shape index (κ3) is 2.01. The van der Waals surface area contributed by atoms with Crippen LogP contribution in [0, 0.1) is 6.92 Å². The summed E-state index contributed by atoms with van der Waals surface area (Å²) in [6.07, 6.45) is 0. The first-order valence-electron chi connectivity index (χ1n) is 5.98. The molecule has 0 fully saturated rings. The molecule has 0 aliphatic carbocycles. The fourth-order valence-corrected chi connectivity index (χ4v) is 2.00. The summed E-state index contributed by atoms with van der Waals surface area (Å²) in [6, 6.07) is 11.3. The van der Waals surface area contributed by atoms with E-state index in [1.807, 2.05) is 37.3 Å². The smallest absolute Gasteiger partial charge is 0.229 e. The summed E-state index contributed by atoms with van der Waals surface area (Å²) >= 11 is 0. The van der Waals surface area contributed by atoms with Crippen molar-refractivity contribution in [3.8, 4) is 17.2 Å². The van der Waals surface area contributed by atoms with Gasteiger partial charge in [-0.3, -0.25) is 0 Å². The Kier molecular flexibility index (Phi) is 2.63. The second kappa shape index (κ2) is 4.31. The molecule has 0 spiro atoms. The molecule has 0 radical (unpaired) electrons. The Morgan fingerprint density at radius 2 is 2.00 bits per heavy atom. The molecule has 2 N–H and O–H groups in total. The molecule has 19 heavy (non-hydrogen) atoms. The second-order valence-corrected chi connectivity index (χ2v) is 4.44. The molecule has 4 nitrogen and oxygen atoms in total. The number of fused-ring (bicyclic) bond motifs is 1. The largest absolute Gasteiger partial charge is 0.497 e. The predicted octanol–water partition coefficient (Wildman–Crippen LogP) is 3.39. The van der Waals surface area contributed by atoms with Crippen LogP contribution in [-0.4, -0.2) is 12.1 Å². The lowest BCUT2D eigenvalue weighted by atomic mass is 10.1. The van der Waals surface area contributed by atoms with Gasteiger partial charge in [-0.25, -0.2) is 4.98 Å². The normalized spacial score (nSPS) is 10.8. The van der Waals surface area contributed by atoms with Crippen LogP contribution in [-0.2, 0) is 0 Å². The number of anilines is 1. The van der Waals surface area contributed by atoms with Crippen molar-refractivity contribution < 1.29 is 9.15 Å². The molecule has 0 amide bonds. The molecule has 0 saturated carbocycles. The molecule has 96 valence electrons. The van der Waals surface area contributed by atoms with Gasteiger partial charge in [0, 0.05) is 5.69 Å². The summed E-state index contributed by atoms with van der Waals surface area (Å²) in [7, 11) is 1.62. The Morgan fingerprint density at radius 3 is 2.79 bits per heavy atom.